The van der Waals surface area contributed by atoms with Crippen LogP contribution in [0.5, 0.6) is 0 Å². The normalized spacial score (nSPS) is 14.2. The van der Waals surface area contributed by atoms with Crippen molar-refractivity contribution < 1.29 is 4.79 Å². The molecular weight excluding hydrogens is 238 g/mol. The average Bonchev–Trinajstić information content (AvgIpc) is 2.39. The molecule has 106 valence electrons. The standard InChI is InChI=1S/C16H25NO2/c1-6-11(2)16(19)12(3)7-8-14-9-15(18)17(5)10-13(14)4/h9-12H,6-8H2,1-5H3. The van der Waals surface area contributed by atoms with E-state index in [0.717, 1.165) is 30.4 Å². The van der Waals surface area contributed by atoms with Crippen molar-refractivity contribution in [3.63, 3.8) is 0 Å². The minimum absolute atomic E-state index is 0.0153. The monoisotopic (exact) mass is 263 g/mol. The zero-order valence-corrected chi connectivity index (χ0v) is 12.7. The molecule has 0 aliphatic rings. The van der Waals surface area contributed by atoms with Gasteiger partial charge in [-0.05, 0) is 37.3 Å². The van der Waals surface area contributed by atoms with Crippen LogP contribution in [0.25, 0.3) is 0 Å². The maximum atomic E-state index is 12.0. The average molecular weight is 263 g/mol. The Kier molecular flexibility index (Phi) is 5.52. The largest absolute Gasteiger partial charge is 0.318 e. The van der Waals surface area contributed by atoms with Gasteiger partial charge in [-0.25, -0.2) is 0 Å². The number of aromatic nitrogens is 1. The van der Waals surface area contributed by atoms with Gasteiger partial charge in [0.25, 0.3) is 5.56 Å². The highest BCUT2D eigenvalue weighted by atomic mass is 16.1. The first-order chi connectivity index (χ1) is 8.86. The predicted octanol–water partition coefficient (Wildman–Crippen LogP) is 2.88. The highest BCUT2D eigenvalue weighted by molar-refractivity contribution is 5.82. The zero-order valence-electron chi connectivity index (χ0n) is 12.7. The van der Waals surface area contributed by atoms with E-state index in [1.54, 1.807) is 17.7 Å². The third-order valence-corrected chi connectivity index (χ3v) is 3.97. The van der Waals surface area contributed by atoms with Gasteiger partial charge in [0.1, 0.15) is 5.78 Å². The van der Waals surface area contributed by atoms with E-state index in [1.165, 1.54) is 0 Å². The van der Waals surface area contributed by atoms with E-state index < -0.39 is 0 Å². The van der Waals surface area contributed by atoms with Crippen molar-refractivity contribution in [2.24, 2.45) is 18.9 Å². The number of ketones is 1. The molecule has 0 aliphatic heterocycles. The molecule has 1 heterocycles. The number of carbonyl (C=O) groups is 1. The van der Waals surface area contributed by atoms with Crippen LogP contribution in [-0.4, -0.2) is 10.4 Å². The molecule has 19 heavy (non-hydrogen) atoms. The van der Waals surface area contributed by atoms with Crippen molar-refractivity contribution >= 4 is 5.78 Å². The maximum absolute atomic E-state index is 12.0. The lowest BCUT2D eigenvalue weighted by Gasteiger charge is -2.15. The smallest absolute Gasteiger partial charge is 0.250 e. The lowest BCUT2D eigenvalue weighted by molar-refractivity contribution is -0.126. The molecule has 0 N–H and O–H groups in total. The second-order valence-electron chi connectivity index (χ2n) is 5.58. The summed E-state index contributed by atoms with van der Waals surface area (Å²) in [7, 11) is 1.76. The van der Waals surface area contributed by atoms with Crippen molar-refractivity contribution in [3.05, 3.63) is 33.7 Å². The number of hydrogen-bond donors (Lipinski definition) is 0. The van der Waals surface area contributed by atoms with E-state index in [-0.39, 0.29) is 17.4 Å². The summed E-state index contributed by atoms with van der Waals surface area (Å²) in [6, 6.07) is 1.69. The lowest BCUT2D eigenvalue weighted by atomic mass is 9.89. The van der Waals surface area contributed by atoms with Crippen LogP contribution in [0.2, 0.25) is 0 Å². The van der Waals surface area contributed by atoms with Gasteiger partial charge in [-0.3, -0.25) is 9.59 Å². The molecule has 0 fully saturated rings. The topological polar surface area (TPSA) is 39.1 Å². The number of hydrogen-bond acceptors (Lipinski definition) is 2. The highest BCUT2D eigenvalue weighted by Crippen LogP contribution is 2.17. The summed E-state index contributed by atoms with van der Waals surface area (Å²) in [6.45, 7) is 8.03. The summed E-state index contributed by atoms with van der Waals surface area (Å²) < 4.78 is 1.59. The number of aryl methyl sites for hydroxylation is 3. The zero-order chi connectivity index (χ0) is 14.6. The van der Waals surface area contributed by atoms with E-state index in [1.807, 2.05) is 33.9 Å². The Morgan fingerprint density at radius 1 is 1.32 bits per heavy atom. The van der Waals surface area contributed by atoms with Gasteiger partial charge >= 0.3 is 0 Å². The first-order valence-electron chi connectivity index (χ1n) is 7.06. The van der Waals surface area contributed by atoms with Gasteiger partial charge in [-0.1, -0.05) is 20.8 Å². The summed E-state index contributed by atoms with van der Waals surface area (Å²) >= 11 is 0. The molecule has 0 saturated heterocycles. The van der Waals surface area contributed by atoms with E-state index in [4.69, 9.17) is 0 Å². The third kappa shape index (κ3) is 4.05. The Morgan fingerprint density at radius 2 is 1.95 bits per heavy atom. The molecule has 0 aliphatic carbocycles. The van der Waals surface area contributed by atoms with Crippen molar-refractivity contribution in [2.75, 3.05) is 0 Å². The fraction of sp³-hybridized carbons (Fsp3) is 0.625. The van der Waals surface area contributed by atoms with Crippen LogP contribution in [0.4, 0.5) is 0 Å². The van der Waals surface area contributed by atoms with Crippen LogP contribution in [0.1, 0.15) is 44.7 Å². The van der Waals surface area contributed by atoms with Gasteiger partial charge in [0.2, 0.25) is 0 Å². The fourth-order valence-corrected chi connectivity index (χ4v) is 2.27. The van der Waals surface area contributed by atoms with Crippen LogP contribution in [-0.2, 0) is 18.3 Å². The molecule has 0 aromatic carbocycles. The van der Waals surface area contributed by atoms with Gasteiger partial charge in [0.05, 0.1) is 0 Å². The predicted molar refractivity (Wildman–Crippen MR) is 78.4 cm³/mol. The summed E-state index contributed by atoms with van der Waals surface area (Å²) in [5.41, 5.74) is 2.19. The SMILES string of the molecule is CCC(C)C(=O)C(C)CCc1cc(=O)n(C)cc1C. The Hall–Kier alpha value is -1.38. The van der Waals surface area contributed by atoms with Gasteiger partial charge in [0.15, 0.2) is 0 Å². The molecular formula is C16H25NO2. The van der Waals surface area contributed by atoms with Crippen LogP contribution in [0.3, 0.4) is 0 Å². The Labute approximate surface area is 115 Å². The first-order valence-corrected chi connectivity index (χ1v) is 7.06. The second kappa shape index (κ2) is 6.69. The molecule has 0 bridgehead atoms. The quantitative estimate of drug-likeness (QED) is 0.791. The minimum Gasteiger partial charge on any atom is -0.318 e. The van der Waals surface area contributed by atoms with Gasteiger partial charge in [-0.2, -0.15) is 0 Å². The van der Waals surface area contributed by atoms with E-state index in [0.29, 0.717) is 5.78 Å². The Morgan fingerprint density at radius 3 is 2.53 bits per heavy atom. The fourth-order valence-electron chi connectivity index (χ4n) is 2.27. The molecule has 2 unspecified atom stereocenters. The van der Waals surface area contributed by atoms with Crippen LogP contribution in [0.15, 0.2) is 17.1 Å². The number of carbonyl (C=O) groups excluding carboxylic acids is 1. The van der Waals surface area contributed by atoms with Crippen molar-refractivity contribution in [3.8, 4) is 0 Å². The number of Topliss-reactive ketones (excluding diaryl/α,β-unsaturated/α-hetero) is 1. The summed E-state index contributed by atoms with van der Waals surface area (Å²) in [5, 5.41) is 0. The van der Waals surface area contributed by atoms with E-state index in [9.17, 15) is 9.59 Å². The molecule has 1 aromatic heterocycles. The molecule has 0 spiro atoms. The van der Waals surface area contributed by atoms with Gasteiger partial charge in [0, 0.05) is 31.1 Å². The lowest BCUT2D eigenvalue weighted by Crippen LogP contribution is -2.20. The molecule has 3 heteroatoms. The van der Waals surface area contributed by atoms with E-state index in [2.05, 4.69) is 0 Å². The van der Waals surface area contributed by atoms with Crippen molar-refractivity contribution in [1.29, 1.82) is 0 Å². The molecule has 0 amide bonds. The molecule has 3 nitrogen and oxygen atoms in total. The van der Waals surface area contributed by atoms with Crippen molar-refractivity contribution in [1.82, 2.24) is 4.57 Å². The number of nitrogens with zero attached hydrogens (tertiary/aromatic N) is 1. The summed E-state index contributed by atoms with van der Waals surface area (Å²) in [4.78, 5) is 23.7. The summed E-state index contributed by atoms with van der Waals surface area (Å²) in [5.74, 6) is 0.544. The molecule has 0 radical (unpaired) electrons. The molecule has 0 saturated carbocycles. The molecule has 2 atom stereocenters. The molecule has 1 aromatic rings. The minimum atomic E-state index is 0.0153. The van der Waals surface area contributed by atoms with Gasteiger partial charge in [-0.15, -0.1) is 0 Å². The Bertz CT molecular complexity index is 502. The van der Waals surface area contributed by atoms with Crippen LogP contribution < -0.4 is 5.56 Å². The van der Waals surface area contributed by atoms with Crippen molar-refractivity contribution in [2.45, 2.75) is 47.0 Å². The first kappa shape index (κ1) is 15.7. The van der Waals surface area contributed by atoms with Crippen LogP contribution >= 0.6 is 0 Å². The second-order valence-corrected chi connectivity index (χ2v) is 5.58. The van der Waals surface area contributed by atoms with Gasteiger partial charge < -0.3 is 4.57 Å². The Balaban J connectivity index is 2.70. The molecule has 1 rings (SSSR count). The van der Waals surface area contributed by atoms with E-state index >= 15 is 0 Å². The third-order valence-electron chi connectivity index (χ3n) is 3.97. The number of rotatable bonds is 6. The highest BCUT2D eigenvalue weighted by Gasteiger charge is 2.18. The maximum Gasteiger partial charge on any atom is 0.250 e. The summed E-state index contributed by atoms with van der Waals surface area (Å²) in [6.07, 6.45) is 4.37. The van der Waals surface area contributed by atoms with Crippen LogP contribution in [0, 0.1) is 18.8 Å². The number of pyridine rings is 1.